The zero-order valence-corrected chi connectivity index (χ0v) is 20.9. The fourth-order valence-corrected chi connectivity index (χ4v) is 4.86. The van der Waals surface area contributed by atoms with Gasteiger partial charge in [-0.15, -0.1) is 0 Å². The molecular weight excluding hydrogens is 471 g/mol. The van der Waals surface area contributed by atoms with Crippen LogP contribution in [0.4, 0.5) is 4.39 Å². The molecule has 8 heteroatoms. The van der Waals surface area contributed by atoms with E-state index in [1.807, 2.05) is 29.7 Å². The number of aryl methyl sites for hydroxylation is 1. The maximum Gasteiger partial charge on any atom is 0.223 e. The van der Waals surface area contributed by atoms with Gasteiger partial charge in [0.1, 0.15) is 11.6 Å². The van der Waals surface area contributed by atoms with Crippen LogP contribution < -0.4 is 14.8 Å². The number of benzene rings is 2. The van der Waals surface area contributed by atoms with Gasteiger partial charge in [-0.2, -0.15) is 4.39 Å². The Morgan fingerprint density at radius 3 is 2.73 bits per heavy atom. The molecule has 1 saturated heterocycles. The molecule has 0 radical (unpaired) electrons. The van der Waals surface area contributed by atoms with Crippen LogP contribution in [-0.4, -0.2) is 39.8 Å². The number of carbonyl (C=O) groups is 1. The summed E-state index contributed by atoms with van der Waals surface area (Å²) >= 11 is 0. The first-order valence-electron chi connectivity index (χ1n) is 12.2. The molecule has 3 heterocycles. The number of aromatic nitrogens is 3. The van der Waals surface area contributed by atoms with E-state index in [2.05, 4.69) is 22.1 Å². The number of nitrogens with one attached hydrogen (secondary N) is 1. The Bertz CT molecular complexity index is 1520. The monoisotopic (exact) mass is 498 g/mol. The minimum absolute atomic E-state index is 0.0811. The second kappa shape index (κ2) is 10.4. The molecule has 0 saturated carbocycles. The number of carbonyl (C=O) groups excluding carboxylic acids is 1. The average molecular weight is 499 g/mol. The van der Waals surface area contributed by atoms with E-state index in [1.165, 1.54) is 13.2 Å². The Morgan fingerprint density at radius 1 is 1.19 bits per heavy atom. The van der Waals surface area contributed by atoms with Crippen molar-refractivity contribution in [3.8, 4) is 40.3 Å². The second-order valence-electron chi connectivity index (χ2n) is 8.87. The zero-order valence-electron chi connectivity index (χ0n) is 20.9. The number of nitrogens with zero attached hydrogens (tertiary/aromatic N) is 3. The highest BCUT2D eigenvalue weighted by Crippen LogP contribution is 2.35. The Balaban J connectivity index is 1.52. The van der Waals surface area contributed by atoms with Crippen molar-refractivity contribution in [2.45, 2.75) is 38.6 Å². The topological polar surface area (TPSA) is 77.8 Å². The minimum atomic E-state index is -0.557. The number of hydrogen-bond donors (Lipinski definition) is 1. The Labute approximate surface area is 214 Å². The van der Waals surface area contributed by atoms with Crippen molar-refractivity contribution in [2.75, 3.05) is 13.7 Å². The highest BCUT2D eigenvalue weighted by atomic mass is 19.1. The smallest absolute Gasteiger partial charge is 0.223 e. The number of rotatable bonds is 6. The van der Waals surface area contributed by atoms with Crippen molar-refractivity contribution in [1.82, 2.24) is 19.7 Å². The van der Waals surface area contributed by atoms with Gasteiger partial charge in [-0.05, 0) is 75.6 Å². The molecule has 0 amide bonds. The van der Waals surface area contributed by atoms with Gasteiger partial charge in [0.25, 0.3) is 0 Å². The van der Waals surface area contributed by atoms with Crippen molar-refractivity contribution in [1.29, 1.82) is 0 Å². The molecule has 1 aliphatic heterocycles. The van der Waals surface area contributed by atoms with Crippen LogP contribution in [-0.2, 0) is 4.79 Å². The Hall–Kier alpha value is -4.22. The van der Waals surface area contributed by atoms with E-state index < -0.39 is 11.9 Å². The van der Waals surface area contributed by atoms with Crippen molar-refractivity contribution in [3.63, 3.8) is 0 Å². The van der Waals surface area contributed by atoms with Crippen molar-refractivity contribution in [2.24, 2.45) is 0 Å². The summed E-state index contributed by atoms with van der Waals surface area (Å²) in [6.07, 6.45) is 5.40. The summed E-state index contributed by atoms with van der Waals surface area (Å²) in [5.74, 6) is 6.11. The van der Waals surface area contributed by atoms with Crippen LogP contribution >= 0.6 is 0 Å². The molecule has 0 aliphatic carbocycles. The van der Waals surface area contributed by atoms with Gasteiger partial charge >= 0.3 is 0 Å². The third-order valence-corrected chi connectivity index (χ3v) is 6.59. The standard InChI is InChI=1S/C29H27FN4O3/c1-4-7-22(35)27-21(8-6-15-32-27)29-33-26(28-18(2)31-16-17-34(28)29)19-11-13-20(14-12-19)37-24-10-5-9-23(36-3)25(24)30/h5,9-14,16-17,21,27,32H,6,8,15H2,1-3H3/t21-,27?/m1/s1. The molecule has 1 unspecified atom stereocenters. The molecule has 188 valence electrons. The van der Waals surface area contributed by atoms with Gasteiger partial charge in [-0.1, -0.05) is 12.0 Å². The van der Waals surface area contributed by atoms with Crippen LogP contribution in [0.25, 0.3) is 16.8 Å². The molecule has 2 atom stereocenters. The molecule has 7 nitrogen and oxygen atoms in total. The molecule has 1 N–H and O–H groups in total. The second-order valence-corrected chi connectivity index (χ2v) is 8.87. The maximum atomic E-state index is 14.5. The van der Waals surface area contributed by atoms with Gasteiger partial charge in [-0.25, -0.2) is 4.98 Å². The van der Waals surface area contributed by atoms with E-state index in [0.717, 1.165) is 47.7 Å². The van der Waals surface area contributed by atoms with Gasteiger partial charge in [0.2, 0.25) is 11.6 Å². The number of halogens is 1. The number of ether oxygens (including phenoxy) is 2. The number of Topliss-reactive ketones (excluding diaryl/α,β-unsaturated/α-hetero) is 1. The summed E-state index contributed by atoms with van der Waals surface area (Å²) < 4.78 is 27.4. The third-order valence-electron chi connectivity index (χ3n) is 6.59. The normalized spacial score (nSPS) is 17.2. The van der Waals surface area contributed by atoms with Gasteiger partial charge in [0.05, 0.1) is 30.1 Å². The van der Waals surface area contributed by atoms with Gasteiger partial charge in [0, 0.05) is 23.9 Å². The highest BCUT2D eigenvalue weighted by molar-refractivity contribution is 6.00. The van der Waals surface area contributed by atoms with E-state index in [-0.39, 0.29) is 23.2 Å². The summed E-state index contributed by atoms with van der Waals surface area (Å²) in [7, 11) is 1.41. The van der Waals surface area contributed by atoms with Crippen LogP contribution in [0.15, 0.2) is 54.9 Å². The lowest BCUT2D eigenvalue weighted by Gasteiger charge is -2.29. The number of hydrogen-bond acceptors (Lipinski definition) is 6. The first-order valence-corrected chi connectivity index (χ1v) is 12.2. The van der Waals surface area contributed by atoms with Crippen LogP contribution in [0.5, 0.6) is 17.2 Å². The van der Waals surface area contributed by atoms with E-state index in [4.69, 9.17) is 14.5 Å². The summed E-state index contributed by atoms with van der Waals surface area (Å²) in [5, 5.41) is 3.35. The summed E-state index contributed by atoms with van der Waals surface area (Å²) in [5.41, 5.74) is 3.33. The Kier molecular flexibility index (Phi) is 6.89. The van der Waals surface area contributed by atoms with E-state index in [0.29, 0.717) is 5.75 Å². The van der Waals surface area contributed by atoms with Crippen LogP contribution in [0.3, 0.4) is 0 Å². The number of ketones is 1. The average Bonchev–Trinajstić information content (AvgIpc) is 3.31. The number of imidazole rings is 1. The summed E-state index contributed by atoms with van der Waals surface area (Å²) in [6, 6.07) is 11.7. The molecule has 5 rings (SSSR count). The lowest BCUT2D eigenvalue weighted by Crippen LogP contribution is -2.45. The minimum Gasteiger partial charge on any atom is -0.494 e. The highest BCUT2D eigenvalue weighted by Gasteiger charge is 2.34. The van der Waals surface area contributed by atoms with Gasteiger partial charge < -0.3 is 14.8 Å². The number of piperidine rings is 1. The fraction of sp³-hybridized carbons (Fsp3) is 0.276. The molecule has 1 fully saturated rings. The van der Waals surface area contributed by atoms with E-state index >= 15 is 0 Å². The van der Waals surface area contributed by atoms with Crippen molar-refractivity contribution in [3.05, 3.63) is 72.2 Å². The number of fused-ring (bicyclic) bond motifs is 1. The molecule has 37 heavy (non-hydrogen) atoms. The lowest BCUT2D eigenvalue weighted by atomic mass is 9.87. The quantitative estimate of drug-likeness (QED) is 0.295. The molecule has 0 bridgehead atoms. The number of methoxy groups -OCH3 is 1. The van der Waals surface area contributed by atoms with E-state index in [9.17, 15) is 9.18 Å². The molecule has 1 aliphatic rings. The predicted octanol–water partition coefficient (Wildman–Crippen LogP) is 5.07. The van der Waals surface area contributed by atoms with E-state index in [1.54, 1.807) is 37.4 Å². The fourth-order valence-electron chi connectivity index (χ4n) is 4.86. The first kappa shape index (κ1) is 24.5. The van der Waals surface area contributed by atoms with Crippen LogP contribution in [0.1, 0.15) is 37.2 Å². The zero-order chi connectivity index (χ0) is 25.9. The largest absolute Gasteiger partial charge is 0.494 e. The third kappa shape index (κ3) is 4.66. The van der Waals surface area contributed by atoms with Gasteiger partial charge in [-0.3, -0.25) is 14.2 Å². The first-order chi connectivity index (χ1) is 18.0. The maximum absolute atomic E-state index is 14.5. The van der Waals surface area contributed by atoms with Crippen LogP contribution in [0, 0.1) is 24.6 Å². The predicted molar refractivity (Wildman–Crippen MR) is 138 cm³/mol. The SMILES string of the molecule is CC#CC(=O)C1NCCC[C@H]1c1nc(-c2ccc(Oc3cccc(OC)c3F)cc2)c2c(C)nccn12. The molecule has 0 spiro atoms. The molecule has 2 aromatic carbocycles. The molecule has 2 aromatic heterocycles. The van der Waals surface area contributed by atoms with Crippen molar-refractivity contribution >= 4 is 11.3 Å². The molecule has 4 aromatic rings. The van der Waals surface area contributed by atoms with Crippen molar-refractivity contribution < 1.29 is 18.7 Å². The van der Waals surface area contributed by atoms with Gasteiger partial charge in [0.15, 0.2) is 11.5 Å². The lowest BCUT2D eigenvalue weighted by molar-refractivity contribution is -0.116. The molecular formula is C29H27FN4O3. The van der Waals surface area contributed by atoms with Crippen LogP contribution in [0.2, 0.25) is 0 Å². The summed E-state index contributed by atoms with van der Waals surface area (Å²) in [4.78, 5) is 22.3. The summed E-state index contributed by atoms with van der Waals surface area (Å²) in [6.45, 7) is 4.38. The Morgan fingerprint density at radius 2 is 1.97 bits per heavy atom.